The Morgan fingerprint density at radius 2 is 2.38 bits per heavy atom. The van der Waals surface area contributed by atoms with Crippen molar-refractivity contribution in [2.75, 3.05) is 33.3 Å². The topological polar surface area (TPSA) is 52.6 Å². The zero-order valence-electron chi connectivity index (χ0n) is 12.4. The van der Waals surface area contributed by atoms with Crippen molar-refractivity contribution in [1.29, 1.82) is 0 Å². The molecule has 21 heavy (non-hydrogen) atoms. The van der Waals surface area contributed by atoms with Crippen LogP contribution in [-0.2, 0) is 0 Å². The fourth-order valence-corrected chi connectivity index (χ4v) is 2.66. The van der Waals surface area contributed by atoms with E-state index in [1.165, 1.54) is 12.8 Å². The number of hydrogen-bond acceptors (Lipinski definition) is 3. The van der Waals surface area contributed by atoms with E-state index in [2.05, 4.69) is 29.1 Å². The van der Waals surface area contributed by atoms with Gasteiger partial charge in [-0.3, -0.25) is 4.79 Å². The lowest BCUT2D eigenvalue weighted by atomic mass is 9.98. The van der Waals surface area contributed by atoms with Gasteiger partial charge in [0.2, 0.25) is 0 Å². The normalized spacial score (nSPS) is 18.7. The lowest BCUT2D eigenvalue weighted by Crippen LogP contribution is -2.39. The molecule has 4 nitrogen and oxygen atoms in total. The van der Waals surface area contributed by atoms with Gasteiger partial charge in [-0.15, -0.1) is 0 Å². The molecule has 0 radical (unpaired) electrons. The number of aliphatic hydroxyl groups excluding tert-OH is 1. The Hall–Kier alpha value is -1.83. The molecule has 1 fully saturated rings. The van der Waals surface area contributed by atoms with E-state index in [1.54, 1.807) is 12.1 Å². The lowest BCUT2D eigenvalue weighted by molar-refractivity contribution is 0.0937. The minimum Gasteiger partial charge on any atom is -0.384 e. The number of carbonyl (C=O) groups excluding carboxylic acids is 1. The largest absolute Gasteiger partial charge is 0.384 e. The second-order valence-corrected chi connectivity index (χ2v) is 5.52. The number of amides is 1. The number of likely N-dealkylation sites (tertiary alicyclic amines) is 1. The van der Waals surface area contributed by atoms with Gasteiger partial charge in [0.25, 0.3) is 5.91 Å². The Kier molecular flexibility index (Phi) is 5.79. The van der Waals surface area contributed by atoms with Gasteiger partial charge in [-0.1, -0.05) is 17.9 Å². The highest BCUT2D eigenvalue weighted by Crippen LogP contribution is 2.14. The minimum atomic E-state index is -0.175. The molecule has 112 valence electrons. The first-order valence-electron chi connectivity index (χ1n) is 7.35. The predicted molar refractivity (Wildman–Crippen MR) is 83.0 cm³/mol. The van der Waals surface area contributed by atoms with Crippen LogP contribution in [0.15, 0.2) is 24.3 Å². The average Bonchev–Trinajstić information content (AvgIpc) is 2.51. The summed E-state index contributed by atoms with van der Waals surface area (Å²) in [5, 5.41) is 11.7. The molecular weight excluding hydrogens is 264 g/mol. The van der Waals surface area contributed by atoms with Gasteiger partial charge in [0.1, 0.15) is 6.61 Å². The molecule has 0 bridgehead atoms. The molecule has 0 saturated carbocycles. The number of aliphatic hydroxyl groups is 1. The second kappa shape index (κ2) is 7.82. The van der Waals surface area contributed by atoms with E-state index >= 15 is 0 Å². The van der Waals surface area contributed by atoms with Crippen LogP contribution < -0.4 is 5.32 Å². The van der Waals surface area contributed by atoms with Crippen molar-refractivity contribution in [3.05, 3.63) is 35.4 Å². The maximum Gasteiger partial charge on any atom is 0.251 e. The van der Waals surface area contributed by atoms with E-state index < -0.39 is 0 Å². The van der Waals surface area contributed by atoms with Gasteiger partial charge in [0, 0.05) is 24.2 Å². The highest BCUT2D eigenvalue weighted by molar-refractivity contribution is 5.94. The summed E-state index contributed by atoms with van der Waals surface area (Å²) in [6, 6.07) is 7.18. The molecule has 1 heterocycles. The number of nitrogens with zero attached hydrogens (tertiary/aromatic N) is 1. The van der Waals surface area contributed by atoms with Crippen molar-refractivity contribution in [2.24, 2.45) is 5.92 Å². The van der Waals surface area contributed by atoms with E-state index in [1.807, 2.05) is 12.1 Å². The molecular formula is C17H22N2O2. The van der Waals surface area contributed by atoms with E-state index in [0.717, 1.165) is 25.2 Å². The summed E-state index contributed by atoms with van der Waals surface area (Å²) in [4.78, 5) is 14.5. The Balaban J connectivity index is 1.91. The quantitative estimate of drug-likeness (QED) is 0.818. The van der Waals surface area contributed by atoms with Crippen LogP contribution in [0.25, 0.3) is 0 Å². The van der Waals surface area contributed by atoms with Crippen LogP contribution >= 0.6 is 0 Å². The van der Waals surface area contributed by atoms with Crippen molar-refractivity contribution in [3.63, 3.8) is 0 Å². The number of carbonyl (C=O) groups is 1. The zero-order valence-corrected chi connectivity index (χ0v) is 12.4. The molecule has 1 aliphatic heterocycles. The summed E-state index contributed by atoms with van der Waals surface area (Å²) in [6.07, 6.45) is 2.37. The highest BCUT2D eigenvalue weighted by atomic mass is 16.2. The fraction of sp³-hybridized carbons (Fsp3) is 0.471. The van der Waals surface area contributed by atoms with E-state index in [0.29, 0.717) is 11.5 Å². The standard InChI is InChI=1S/C17H22N2O2/c1-19-9-3-6-15(13-19)12-18-17(21)16-8-2-5-14(11-16)7-4-10-20/h2,5,8,11,15,20H,3,6,9-10,12-13H2,1H3,(H,18,21). The molecule has 4 heteroatoms. The highest BCUT2D eigenvalue weighted by Gasteiger charge is 2.17. The summed E-state index contributed by atoms with van der Waals surface area (Å²) < 4.78 is 0. The molecule has 2 N–H and O–H groups in total. The smallest absolute Gasteiger partial charge is 0.251 e. The van der Waals surface area contributed by atoms with Crippen LogP contribution in [0.5, 0.6) is 0 Å². The van der Waals surface area contributed by atoms with Crippen LogP contribution in [0.2, 0.25) is 0 Å². The van der Waals surface area contributed by atoms with Gasteiger partial charge in [0.05, 0.1) is 0 Å². The number of benzene rings is 1. The first-order chi connectivity index (χ1) is 10.2. The van der Waals surface area contributed by atoms with E-state index in [9.17, 15) is 4.79 Å². The number of nitrogens with one attached hydrogen (secondary N) is 1. The molecule has 0 aliphatic carbocycles. The van der Waals surface area contributed by atoms with Gasteiger partial charge in [-0.2, -0.15) is 0 Å². The lowest BCUT2D eigenvalue weighted by Gasteiger charge is -2.29. The van der Waals surface area contributed by atoms with Gasteiger partial charge in [-0.25, -0.2) is 0 Å². The third-order valence-electron chi connectivity index (χ3n) is 3.71. The number of rotatable bonds is 3. The van der Waals surface area contributed by atoms with Gasteiger partial charge in [-0.05, 0) is 50.6 Å². The van der Waals surface area contributed by atoms with Crippen molar-refractivity contribution in [1.82, 2.24) is 10.2 Å². The summed E-state index contributed by atoms with van der Waals surface area (Å²) in [6.45, 7) is 2.74. The van der Waals surface area contributed by atoms with Crippen molar-refractivity contribution >= 4 is 5.91 Å². The SMILES string of the molecule is CN1CCCC(CNC(=O)c2cccc(C#CCO)c2)C1. The maximum atomic E-state index is 12.2. The zero-order chi connectivity index (χ0) is 15.1. The third kappa shape index (κ3) is 4.89. The van der Waals surface area contributed by atoms with Crippen LogP contribution in [0.1, 0.15) is 28.8 Å². The van der Waals surface area contributed by atoms with Gasteiger partial charge < -0.3 is 15.3 Å². The van der Waals surface area contributed by atoms with Crippen molar-refractivity contribution in [2.45, 2.75) is 12.8 Å². The summed E-state index contributed by atoms with van der Waals surface area (Å²) in [5.41, 5.74) is 1.36. The van der Waals surface area contributed by atoms with Gasteiger partial charge in [0.15, 0.2) is 0 Å². The first kappa shape index (κ1) is 15.6. The van der Waals surface area contributed by atoms with E-state index in [4.69, 9.17) is 5.11 Å². The monoisotopic (exact) mass is 286 g/mol. The molecule has 1 aromatic rings. The number of hydrogen-bond donors (Lipinski definition) is 2. The Labute approximate surface area is 126 Å². The second-order valence-electron chi connectivity index (χ2n) is 5.52. The van der Waals surface area contributed by atoms with Crippen molar-refractivity contribution < 1.29 is 9.90 Å². The third-order valence-corrected chi connectivity index (χ3v) is 3.71. The van der Waals surface area contributed by atoms with Crippen LogP contribution in [0.4, 0.5) is 0 Å². The minimum absolute atomic E-state index is 0.0594. The molecule has 1 aliphatic rings. The first-order valence-corrected chi connectivity index (χ1v) is 7.35. The molecule has 1 unspecified atom stereocenters. The van der Waals surface area contributed by atoms with E-state index in [-0.39, 0.29) is 12.5 Å². The summed E-state index contributed by atoms with van der Waals surface area (Å²) in [5.74, 6) is 5.87. The Morgan fingerprint density at radius 1 is 1.52 bits per heavy atom. The Bertz CT molecular complexity index is 545. The molecule has 0 aromatic heterocycles. The summed E-state index contributed by atoms with van der Waals surface area (Å²) in [7, 11) is 2.12. The molecule has 2 rings (SSSR count). The molecule has 1 saturated heterocycles. The van der Waals surface area contributed by atoms with Crippen LogP contribution in [0.3, 0.4) is 0 Å². The average molecular weight is 286 g/mol. The molecule has 0 spiro atoms. The van der Waals surface area contributed by atoms with Crippen LogP contribution in [0, 0.1) is 17.8 Å². The maximum absolute atomic E-state index is 12.2. The molecule has 1 aromatic carbocycles. The van der Waals surface area contributed by atoms with Gasteiger partial charge >= 0.3 is 0 Å². The van der Waals surface area contributed by atoms with Crippen LogP contribution in [-0.4, -0.2) is 49.2 Å². The fourth-order valence-electron chi connectivity index (χ4n) is 2.66. The summed E-state index contributed by atoms with van der Waals surface area (Å²) >= 11 is 0. The Morgan fingerprint density at radius 3 is 3.14 bits per heavy atom. The molecule has 1 atom stereocenters. The predicted octanol–water partition coefficient (Wildman–Crippen LogP) is 1.10. The van der Waals surface area contributed by atoms with Crippen molar-refractivity contribution in [3.8, 4) is 11.8 Å². The molecule has 1 amide bonds. The number of piperidine rings is 1.